The standard InChI is InChI=1S/C13H16N2O3/c1-8(16)15-9-3-4-12-11(7-9)10(5-6-14-12)13(17)18-2/h3-4,7,10,14H,5-6H2,1-2H3,(H,15,16). The number of fused-ring (bicyclic) bond motifs is 1. The lowest BCUT2D eigenvalue weighted by Crippen LogP contribution is -2.24. The lowest BCUT2D eigenvalue weighted by Gasteiger charge is -2.25. The van der Waals surface area contributed by atoms with Gasteiger partial charge >= 0.3 is 5.97 Å². The van der Waals surface area contributed by atoms with Gasteiger partial charge in [0.05, 0.1) is 13.0 Å². The second-order valence-corrected chi connectivity index (χ2v) is 4.27. The maximum atomic E-state index is 11.7. The molecular formula is C13H16N2O3. The van der Waals surface area contributed by atoms with E-state index in [0.29, 0.717) is 12.1 Å². The first-order valence-corrected chi connectivity index (χ1v) is 5.85. The molecule has 0 aliphatic carbocycles. The number of hydrogen-bond acceptors (Lipinski definition) is 4. The molecule has 0 saturated carbocycles. The summed E-state index contributed by atoms with van der Waals surface area (Å²) in [5.74, 6) is -0.633. The summed E-state index contributed by atoms with van der Waals surface area (Å²) in [6.45, 7) is 2.20. The van der Waals surface area contributed by atoms with Crippen molar-refractivity contribution in [3.05, 3.63) is 23.8 Å². The molecule has 1 atom stereocenters. The zero-order valence-electron chi connectivity index (χ0n) is 10.4. The first-order chi connectivity index (χ1) is 8.61. The van der Waals surface area contributed by atoms with E-state index in [0.717, 1.165) is 17.8 Å². The quantitative estimate of drug-likeness (QED) is 0.782. The van der Waals surface area contributed by atoms with Gasteiger partial charge in [-0.3, -0.25) is 9.59 Å². The molecule has 0 aromatic heterocycles. The monoisotopic (exact) mass is 248 g/mol. The molecule has 0 fully saturated rings. The molecule has 1 aliphatic rings. The van der Waals surface area contributed by atoms with E-state index in [1.165, 1.54) is 14.0 Å². The van der Waals surface area contributed by atoms with Gasteiger partial charge in [0.15, 0.2) is 0 Å². The second kappa shape index (κ2) is 5.08. The molecule has 1 amide bonds. The van der Waals surface area contributed by atoms with Crippen molar-refractivity contribution in [3.8, 4) is 0 Å². The minimum atomic E-state index is -0.264. The molecule has 5 heteroatoms. The second-order valence-electron chi connectivity index (χ2n) is 4.27. The minimum Gasteiger partial charge on any atom is -0.469 e. The van der Waals surface area contributed by atoms with Gasteiger partial charge in [0.1, 0.15) is 0 Å². The molecule has 1 unspecified atom stereocenters. The maximum Gasteiger partial charge on any atom is 0.313 e. The summed E-state index contributed by atoms with van der Waals surface area (Å²) in [6.07, 6.45) is 0.698. The molecule has 18 heavy (non-hydrogen) atoms. The minimum absolute atomic E-state index is 0.131. The van der Waals surface area contributed by atoms with Crippen LogP contribution >= 0.6 is 0 Å². The summed E-state index contributed by atoms with van der Waals surface area (Å²) in [5.41, 5.74) is 2.49. The first kappa shape index (κ1) is 12.4. The highest BCUT2D eigenvalue weighted by atomic mass is 16.5. The van der Waals surface area contributed by atoms with Gasteiger partial charge in [-0.25, -0.2) is 0 Å². The molecule has 0 saturated heterocycles. The number of methoxy groups -OCH3 is 1. The van der Waals surface area contributed by atoms with Crippen molar-refractivity contribution in [2.75, 3.05) is 24.3 Å². The number of ether oxygens (including phenoxy) is 1. The van der Waals surface area contributed by atoms with Crippen molar-refractivity contribution in [1.82, 2.24) is 0 Å². The highest BCUT2D eigenvalue weighted by Gasteiger charge is 2.27. The molecule has 1 aromatic carbocycles. The topological polar surface area (TPSA) is 67.4 Å². The average Bonchev–Trinajstić information content (AvgIpc) is 2.36. The Balaban J connectivity index is 2.34. The molecule has 0 bridgehead atoms. The van der Waals surface area contributed by atoms with Crippen molar-refractivity contribution in [2.24, 2.45) is 0 Å². The van der Waals surface area contributed by atoms with Gasteiger partial charge in [-0.1, -0.05) is 0 Å². The normalized spacial score (nSPS) is 17.3. The summed E-state index contributed by atoms with van der Waals surface area (Å²) in [6, 6.07) is 5.51. The molecule has 5 nitrogen and oxygen atoms in total. The maximum absolute atomic E-state index is 11.7. The number of anilines is 2. The van der Waals surface area contributed by atoms with Crippen LogP contribution in [-0.2, 0) is 14.3 Å². The summed E-state index contributed by atoms with van der Waals surface area (Å²) < 4.78 is 4.81. The molecule has 1 aliphatic heterocycles. The van der Waals surface area contributed by atoms with E-state index in [9.17, 15) is 9.59 Å². The van der Waals surface area contributed by atoms with Crippen LogP contribution in [0.2, 0.25) is 0 Å². The predicted octanol–water partition coefficient (Wildman–Crippen LogP) is 1.72. The lowest BCUT2D eigenvalue weighted by atomic mass is 9.90. The molecule has 0 spiro atoms. The van der Waals surface area contributed by atoms with Gasteiger partial charge in [-0.15, -0.1) is 0 Å². The number of benzene rings is 1. The average molecular weight is 248 g/mol. The SMILES string of the molecule is COC(=O)C1CCNc2ccc(NC(C)=O)cc21. The number of esters is 1. The van der Waals surface area contributed by atoms with Crippen LogP contribution in [-0.4, -0.2) is 25.5 Å². The number of carbonyl (C=O) groups is 2. The molecular weight excluding hydrogens is 232 g/mol. The van der Waals surface area contributed by atoms with Crippen molar-refractivity contribution in [1.29, 1.82) is 0 Å². The van der Waals surface area contributed by atoms with Crippen molar-refractivity contribution in [2.45, 2.75) is 19.3 Å². The Labute approximate surface area is 106 Å². The van der Waals surface area contributed by atoms with Crippen LogP contribution in [0.15, 0.2) is 18.2 Å². The van der Waals surface area contributed by atoms with Crippen LogP contribution in [0.3, 0.4) is 0 Å². The molecule has 1 heterocycles. The van der Waals surface area contributed by atoms with E-state index in [-0.39, 0.29) is 17.8 Å². The van der Waals surface area contributed by atoms with Crippen LogP contribution in [0.4, 0.5) is 11.4 Å². The largest absolute Gasteiger partial charge is 0.469 e. The van der Waals surface area contributed by atoms with Crippen molar-refractivity contribution < 1.29 is 14.3 Å². The van der Waals surface area contributed by atoms with Crippen molar-refractivity contribution >= 4 is 23.3 Å². The van der Waals surface area contributed by atoms with Crippen LogP contribution in [0.25, 0.3) is 0 Å². The lowest BCUT2D eigenvalue weighted by molar-refractivity contribution is -0.142. The van der Waals surface area contributed by atoms with Crippen LogP contribution in [0, 0.1) is 0 Å². The Morgan fingerprint density at radius 1 is 1.44 bits per heavy atom. The predicted molar refractivity (Wildman–Crippen MR) is 68.6 cm³/mol. The fourth-order valence-electron chi connectivity index (χ4n) is 2.19. The summed E-state index contributed by atoms with van der Waals surface area (Å²) in [7, 11) is 1.39. The molecule has 96 valence electrons. The first-order valence-electron chi connectivity index (χ1n) is 5.85. The zero-order valence-corrected chi connectivity index (χ0v) is 10.4. The summed E-state index contributed by atoms with van der Waals surface area (Å²) >= 11 is 0. The van der Waals surface area contributed by atoms with Crippen LogP contribution in [0.1, 0.15) is 24.8 Å². The Hall–Kier alpha value is -2.04. The third kappa shape index (κ3) is 2.45. The fraction of sp³-hybridized carbons (Fsp3) is 0.385. The van der Waals surface area contributed by atoms with Gasteiger partial charge in [0.2, 0.25) is 5.91 Å². The molecule has 2 N–H and O–H groups in total. The van der Waals surface area contributed by atoms with Crippen LogP contribution < -0.4 is 10.6 Å². The van der Waals surface area contributed by atoms with Gasteiger partial charge in [-0.05, 0) is 30.2 Å². The summed E-state index contributed by atoms with van der Waals surface area (Å²) in [4.78, 5) is 22.8. The number of hydrogen-bond donors (Lipinski definition) is 2. The highest BCUT2D eigenvalue weighted by molar-refractivity contribution is 5.90. The molecule has 0 radical (unpaired) electrons. The van der Waals surface area contributed by atoms with Gasteiger partial charge in [0.25, 0.3) is 0 Å². The van der Waals surface area contributed by atoms with E-state index < -0.39 is 0 Å². The van der Waals surface area contributed by atoms with Gasteiger partial charge in [0, 0.05) is 24.8 Å². The van der Waals surface area contributed by atoms with E-state index in [4.69, 9.17) is 4.74 Å². The Morgan fingerprint density at radius 2 is 2.22 bits per heavy atom. The van der Waals surface area contributed by atoms with E-state index in [1.807, 2.05) is 18.2 Å². The fourth-order valence-corrected chi connectivity index (χ4v) is 2.19. The Bertz CT molecular complexity index is 485. The Kier molecular flexibility index (Phi) is 3.50. The van der Waals surface area contributed by atoms with Gasteiger partial charge < -0.3 is 15.4 Å². The Morgan fingerprint density at radius 3 is 2.89 bits per heavy atom. The van der Waals surface area contributed by atoms with Crippen molar-refractivity contribution in [3.63, 3.8) is 0 Å². The smallest absolute Gasteiger partial charge is 0.313 e. The number of amides is 1. The number of nitrogens with one attached hydrogen (secondary N) is 2. The van der Waals surface area contributed by atoms with E-state index >= 15 is 0 Å². The van der Waals surface area contributed by atoms with E-state index in [2.05, 4.69) is 10.6 Å². The third-order valence-corrected chi connectivity index (χ3v) is 2.98. The number of carbonyl (C=O) groups excluding carboxylic acids is 2. The highest BCUT2D eigenvalue weighted by Crippen LogP contribution is 2.34. The zero-order chi connectivity index (χ0) is 13.1. The third-order valence-electron chi connectivity index (χ3n) is 2.98. The summed E-state index contributed by atoms with van der Waals surface area (Å²) in [5, 5.41) is 5.95. The number of rotatable bonds is 2. The van der Waals surface area contributed by atoms with Crippen LogP contribution in [0.5, 0.6) is 0 Å². The van der Waals surface area contributed by atoms with Gasteiger partial charge in [-0.2, -0.15) is 0 Å². The molecule has 2 rings (SSSR count). The van der Waals surface area contributed by atoms with E-state index in [1.54, 1.807) is 0 Å². The molecule has 1 aromatic rings.